The minimum absolute atomic E-state index is 0.114. The minimum atomic E-state index is -1.05. The van der Waals surface area contributed by atoms with E-state index in [-0.39, 0.29) is 5.56 Å². The van der Waals surface area contributed by atoms with Gasteiger partial charge in [0, 0.05) is 36.3 Å². The normalized spacial score (nSPS) is 10.8. The second-order valence-electron chi connectivity index (χ2n) is 6.54. The first-order valence-electron chi connectivity index (χ1n) is 9.18. The molecule has 0 spiro atoms. The SMILES string of the molecule is CCN(C(N)=O)c1nc2c(-c3cc(C(=O)O)ccn3)cc(-c3cccnc3)cc2[nH]1. The van der Waals surface area contributed by atoms with Crippen molar-refractivity contribution in [2.24, 2.45) is 5.73 Å². The number of carboxylic acids is 1. The molecule has 1 aromatic carbocycles. The van der Waals surface area contributed by atoms with Gasteiger partial charge in [-0.15, -0.1) is 0 Å². The monoisotopic (exact) mass is 402 g/mol. The maximum absolute atomic E-state index is 11.8. The summed E-state index contributed by atoms with van der Waals surface area (Å²) in [5.41, 5.74) is 9.56. The van der Waals surface area contributed by atoms with Gasteiger partial charge in [-0.25, -0.2) is 14.6 Å². The van der Waals surface area contributed by atoms with Crippen molar-refractivity contribution in [2.45, 2.75) is 6.92 Å². The molecule has 4 aromatic rings. The van der Waals surface area contributed by atoms with Crippen molar-refractivity contribution in [3.8, 4) is 22.4 Å². The Bertz CT molecular complexity index is 1250. The minimum Gasteiger partial charge on any atom is -0.478 e. The quantitative estimate of drug-likeness (QED) is 0.468. The van der Waals surface area contributed by atoms with Crippen molar-refractivity contribution in [3.63, 3.8) is 0 Å². The highest BCUT2D eigenvalue weighted by atomic mass is 16.4. The van der Waals surface area contributed by atoms with Crippen LogP contribution in [0.3, 0.4) is 0 Å². The van der Waals surface area contributed by atoms with E-state index < -0.39 is 12.0 Å². The highest BCUT2D eigenvalue weighted by molar-refractivity contribution is 5.99. The Morgan fingerprint density at radius 2 is 2.00 bits per heavy atom. The molecule has 4 rings (SSSR count). The van der Waals surface area contributed by atoms with Gasteiger partial charge in [0.05, 0.1) is 22.3 Å². The molecule has 0 aliphatic rings. The number of carboxylic acid groups (broad SMARTS) is 1. The summed E-state index contributed by atoms with van der Waals surface area (Å²) in [6.07, 6.45) is 4.85. The highest BCUT2D eigenvalue weighted by Gasteiger charge is 2.19. The van der Waals surface area contributed by atoms with Crippen molar-refractivity contribution >= 4 is 29.0 Å². The maximum Gasteiger partial charge on any atom is 0.335 e. The summed E-state index contributed by atoms with van der Waals surface area (Å²) in [6, 6.07) is 9.79. The standard InChI is InChI=1S/C21H18N6O3/c1-2-27(20(22)30)21-25-17-10-14(13-4-3-6-23-11-13)8-15(18(17)26-21)16-9-12(19(28)29)5-7-24-16/h3-11H,2H2,1H3,(H2,22,30)(H,25,26)(H,28,29). The fourth-order valence-corrected chi connectivity index (χ4v) is 3.25. The average molecular weight is 402 g/mol. The van der Waals surface area contributed by atoms with Gasteiger partial charge >= 0.3 is 12.0 Å². The number of carbonyl (C=O) groups is 2. The van der Waals surface area contributed by atoms with Crippen LogP contribution in [0.1, 0.15) is 17.3 Å². The van der Waals surface area contributed by atoms with E-state index >= 15 is 0 Å². The van der Waals surface area contributed by atoms with Crippen LogP contribution in [0.5, 0.6) is 0 Å². The van der Waals surface area contributed by atoms with Crippen LogP contribution in [0.4, 0.5) is 10.7 Å². The third-order valence-corrected chi connectivity index (χ3v) is 4.69. The Kier molecular flexibility index (Phi) is 4.85. The predicted molar refractivity (Wildman–Crippen MR) is 112 cm³/mol. The van der Waals surface area contributed by atoms with Crippen molar-refractivity contribution in [1.29, 1.82) is 0 Å². The number of urea groups is 1. The van der Waals surface area contributed by atoms with Gasteiger partial charge in [0.25, 0.3) is 0 Å². The third-order valence-electron chi connectivity index (χ3n) is 4.69. The molecule has 0 atom stereocenters. The van der Waals surface area contributed by atoms with Crippen LogP contribution in [-0.4, -0.2) is 43.6 Å². The van der Waals surface area contributed by atoms with Gasteiger partial charge < -0.3 is 15.8 Å². The molecule has 0 saturated heterocycles. The molecule has 0 aliphatic carbocycles. The van der Waals surface area contributed by atoms with Gasteiger partial charge in [-0.3, -0.25) is 14.9 Å². The number of H-pyrrole nitrogens is 1. The number of aromatic carboxylic acids is 1. The lowest BCUT2D eigenvalue weighted by Crippen LogP contribution is -2.36. The molecule has 9 nitrogen and oxygen atoms in total. The molecule has 0 unspecified atom stereocenters. The topological polar surface area (TPSA) is 138 Å². The van der Waals surface area contributed by atoms with E-state index in [1.54, 1.807) is 19.3 Å². The second kappa shape index (κ2) is 7.63. The van der Waals surface area contributed by atoms with Crippen molar-refractivity contribution in [3.05, 3.63) is 60.6 Å². The number of carbonyl (C=O) groups excluding carboxylic acids is 1. The van der Waals surface area contributed by atoms with E-state index in [2.05, 4.69) is 19.9 Å². The molecule has 4 N–H and O–H groups in total. The highest BCUT2D eigenvalue weighted by Crippen LogP contribution is 2.33. The largest absolute Gasteiger partial charge is 0.478 e. The van der Waals surface area contributed by atoms with Gasteiger partial charge in [0.15, 0.2) is 0 Å². The zero-order valence-electron chi connectivity index (χ0n) is 16.0. The van der Waals surface area contributed by atoms with E-state index in [0.717, 1.165) is 11.1 Å². The number of nitrogens with two attached hydrogens (primary N) is 1. The van der Waals surface area contributed by atoms with Gasteiger partial charge in [-0.05, 0) is 42.8 Å². The Balaban J connectivity index is 1.98. The molecule has 0 fully saturated rings. The van der Waals surface area contributed by atoms with Gasteiger partial charge in [-0.1, -0.05) is 6.07 Å². The Hall–Kier alpha value is -4.27. The van der Waals surface area contributed by atoms with Crippen molar-refractivity contribution in [1.82, 2.24) is 19.9 Å². The molecule has 0 saturated carbocycles. The van der Waals surface area contributed by atoms with Crippen LogP contribution in [-0.2, 0) is 0 Å². The Morgan fingerprint density at radius 3 is 2.67 bits per heavy atom. The van der Waals surface area contributed by atoms with E-state index in [0.29, 0.717) is 34.8 Å². The number of amides is 2. The lowest BCUT2D eigenvalue weighted by Gasteiger charge is -2.13. The number of fused-ring (bicyclic) bond motifs is 1. The van der Waals surface area contributed by atoms with Crippen LogP contribution in [0.2, 0.25) is 0 Å². The molecular weight excluding hydrogens is 384 g/mol. The zero-order chi connectivity index (χ0) is 21.3. The number of aromatic nitrogens is 4. The fraction of sp³-hybridized carbons (Fsp3) is 0.0952. The molecule has 2 amide bonds. The molecule has 150 valence electrons. The lowest BCUT2D eigenvalue weighted by atomic mass is 10.0. The Labute approximate surface area is 171 Å². The summed E-state index contributed by atoms with van der Waals surface area (Å²) < 4.78 is 0. The number of hydrogen-bond acceptors (Lipinski definition) is 5. The van der Waals surface area contributed by atoms with Crippen LogP contribution in [0, 0.1) is 0 Å². The van der Waals surface area contributed by atoms with Crippen LogP contribution in [0.25, 0.3) is 33.4 Å². The molecule has 30 heavy (non-hydrogen) atoms. The first-order valence-corrected chi connectivity index (χ1v) is 9.18. The van der Waals surface area contributed by atoms with Crippen LogP contribution < -0.4 is 10.6 Å². The smallest absolute Gasteiger partial charge is 0.335 e. The van der Waals surface area contributed by atoms with E-state index in [1.807, 2.05) is 24.3 Å². The summed E-state index contributed by atoms with van der Waals surface area (Å²) in [6.45, 7) is 2.13. The fourth-order valence-electron chi connectivity index (χ4n) is 3.25. The Morgan fingerprint density at radius 1 is 1.17 bits per heavy atom. The summed E-state index contributed by atoms with van der Waals surface area (Å²) >= 11 is 0. The summed E-state index contributed by atoms with van der Waals surface area (Å²) in [5.74, 6) is -0.745. The number of nitrogens with one attached hydrogen (secondary N) is 1. The summed E-state index contributed by atoms with van der Waals surface area (Å²) in [7, 11) is 0. The molecule has 0 radical (unpaired) electrons. The molecular formula is C21H18N6O3. The number of benzene rings is 1. The number of imidazole rings is 1. The molecule has 3 heterocycles. The predicted octanol–water partition coefficient (Wildman–Crippen LogP) is 3.29. The van der Waals surface area contributed by atoms with Gasteiger partial charge in [0.2, 0.25) is 5.95 Å². The second-order valence-corrected chi connectivity index (χ2v) is 6.54. The number of hydrogen-bond donors (Lipinski definition) is 3. The van der Waals surface area contributed by atoms with E-state index in [1.165, 1.54) is 23.2 Å². The number of nitrogens with zero attached hydrogens (tertiary/aromatic N) is 4. The summed E-state index contributed by atoms with van der Waals surface area (Å²) in [4.78, 5) is 40.7. The average Bonchev–Trinajstić information content (AvgIpc) is 3.17. The van der Waals surface area contributed by atoms with Crippen molar-refractivity contribution in [2.75, 3.05) is 11.4 Å². The van der Waals surface area contributed by atoms with E-state index in [4.69, 9.17) is 5.73 Å². The molecule has 0 bridgehead atoms. The first kappa shape index (κ1) is 19.1. The van der Waals surface area contributed by atoms with Gasteiger partial charge in [-0.2, -0.15) is 0 Å². The number of rotatable bonds is 5. The van der Waals surface area contributed by atoms with Crippen LogP contribution >= 0.6 is 0 Å². The molecule has 9 heteroatoms. The van der Waals surface area contributed by atoms with E-state index in [9.17, 15) is 14.7 Å². The number of pyridine rings is 2. The number of anilines is 1. The van der Waals surface area contributed by atoms with Crippen molar-refractivity contribution < 1.29 is 14.7 Å². The lowest BCUT2D eigenvalue weighted by molar-refractivity contribution is 0.0696. The number of primary amides is 1. The zero-order valence-corrected chi connectivity index (χ0v) is 16.0. The number of aromatic amines is 1. The summed E-state index contributed by atoms with van der Waals surface area (Å²) in [5, 5.41) is 9.36. The van der Waals surface area contributed by atoms with Gasteiger partial charge in [0.1, 0.15) is 0 Å². The third kappa shape index (κ3) is 3.44. The first-order chi connectivity index (χ1) is 14.5. The van der Waals surface area contributed by atoms with Crippen LogP contribution in [0.15, 0.2) is 55.0 Å². The molecule has 3 aromatic heterocycles. The molecule has 0 aliphatic heterocycles. The maximum atomic E-state index is 11.8.